The summed E-state index contributed by atoms with van der Waals surface area (Å²) >= 11 is 1.29. The van der Waals surface area contributed by atoms with Crippen molar-refractivity contribution < 1.29 is 14.1 Å². The van der Waals surface area contributed by atoms with Crippen LogP contribution in [0.2, 0.25) is 0 Å². The van der Waals surface area contributed by atoms with Gasteiger partial charge in [0, 0.05) is 18.0 Å². The molecule has 4 aromatic heterocycles. The van der Waals surface area contributed by atoms with Crippen LogP contribution in [-0.4, -0.2) is 38.2 Å². The fraction of sp³-hybridized carbons (Fsp3) is 0.333. The molecule has 0 aromatic carbocycles. The minimum absolute atomic E-state index is 0.120. The number of carbonyl (C=O) groups is 1. The van der Waals surface area contributed by atoms with Crippen molar-refractivity contribution in [3.8, 4) is 11.4 Å². The van der Waals surface area contributed by atoms with Gasteiger partial charge in [0.2, 0.25) is 11.7 Å². The molecule has 0 saturated carbocycles. The maximum atomic E-state index is 12.2. The predicted molar refractivity (Wildman–Crippen MR) is 117 cm³/mol. The lowest BCUT2D eigenvalue weighted by Gasteiger charge is -2.20. The minimum atomic E-state index is -0.386. The molecule has 1 unspecified atom stereocenters. The Morgan fingerprint density at radius 2 is 1.90 bits per heavy atom. The summed E-state index contributed by atoms with van der Waals surface area (Å²) < 4.78 is 10.5. The summed E-state index contributed by atoms with van der Waals surface area (Å²) in [5.41, 5.74) is 1.60. The predicted octanol–water partition coefficient (Wildman–Crippen LogP) is 4.35. The molecule has 1 N–H and O–H groups in total. The summed E-state index contributed by atoms with van der Waals surface area (Å²) in [6, 6.07) is 3.36. The molecule has 1 atom stereocenters. The molecular formula is C21H22N6O3S. The van der Waals surface area contributed by atoms with E-state index in [1.54, 1.807) is 12.4 Å². The number of rotatable bonds is 6. The molecule has 0 fully saturated rings. The van der Waals surface area contributed by atoms with Gasteiger partial charge in [0.15, 0.2) is 0 Å². The number of hydrogen-bond donors (Lipinski definition) is 1. The maximum absolute atomic E-state index is 12.2. The van der Waals surface area contributed by atoms with Crippen molar-refractivity contribution >= 4 is 33.3 Å². The highest BCUT2D eigenvalue weighted by atomic mass is 32.1. The van der Waals surface area contributed by atoms with E-state index in [-0.39, 0.29) is 17.9 Å². The van der Waals surface area contributed by atoms with Gasteiger partial charge in [-0.2, -0.15) is 4.98 Å². The summed E-state index contributed by atoms with van der Waals surface area (Å²) in [6.07, 6.45) is 3.37. The van der Waals surface area contributed by atoms with Crippen LogP contribution in [0, 0.1) is 19.8 Å². The topological polar surface area (TPSA) is 116 Å². The van der Waals surface area contributed by atoms with Gasteiger partial charge < -0.3 is 14.6 Å². The number of aromatic nitrogens is 5. The van der Waals surface area contributed by atoms with Crippen LogP contribution in [0.3, 0.4) is 0 Å². The molecule has 0 spiro atoms. The summed E-state index contributed by atoms with van der Waals surface area (Å²) in [5, 5.41) is 8.36. The normalized spacial score (nSPS) is 12.3. The van der Waals surface area contributed by atoms with Crippen molar-refractivity contribution in [2.75, 3.05) is 12.4 Å². The Morgan fingerprint density at radius 1 is 1.16 bits per heavy atom. The summed E-state index contributed by atoms with van der Waals surface area (Å²) in [4.78, 5) is 31.1. The summed E-state index contributed by atoms with van der Waals surface area (Å²) in [7, 11) is 1.37. The standard InChI is InChI=1S/C21H22N6O3S/c1-10(2)15(19-26-17(27-30-19)13-6-8-22-9-7-13)25-18-14-11(3)16(21(28)29-5)31-20(14)24-12(4)23-18/h6-10,15H,1-5H3,(H,23,24,25). The SMILES string of the molecule is COC(=O)c1sc2nc(C)nc(NC(c3nc(-c4ccncc4)no3)C(C)C)c2c1C. The Balaban J connectivity index is 1.75. The van der Waals surface area contributed by atoms with E-state index in [1.807, 2.05) is 26.0 Å². The molecule has 10 heteroatoms. The average Bonchev–Trinajstić information content (AvgIpc) is 3.37. The zero-order valence-corrected chi connectivity index (χ0v) is 18.6. The second kappa shape index (κ2) is 8.38. The van der Waals surface area contributed by atoms with Gasteiger partial charge >= 0.3 is 5.97 Å². The Bertz CT molecular complexity index is 1230. The van der Waals surface area contributed by atoms with E-state index >= 15 is 0 Å². The molecule has 4 heterocycles. The van der Waals surface area contributed by atoms with Crippen LogP contribution in [0.15, 0.2) is 29.0 Å². The molecule has 0 aliphatic heterocycles. The quantitative estimate of drug-likeness (QED) is 0.439. The van der Waals surface area contributed by atoms with E-state index < -0.39 is 0 Å². The Labute approximate surface area is 182 Å². The number of methoxy groups -OCH3 is 1. The molecule has 9 nitrogen and oxygen atoms in total. The van der Waals surface area contributed by atoms with Crippen LogP contribution >= 0.6 is 11.3 Å². The van der Waals surface area contributed by atoms with Crippen molar-refractivity contribution in [1.82, 2.24) is 25.1 Å². The number of anilines is 1. The number of esters is 1. The fourth-order valence-corrected chi connectivity index (χ4v) is 4.42. The number of ether oxygens (including phenoxy) is 1. The third-order valence-corrected chi connectivity index (χ3v) is 6.04. The van der Waals surface area contributed by atoms with Crippen molar-refractivity contribution in [3.63, 3.8) is 0 Å². The summed E-state index contributed by atoms with van der Waals surface area (Å²) in [5.74, 6) is 1.89. The molecule has 160 valence electrons. The molecule has 4 rings (SSSR count). The van der Waals surface area contributed by atoms with Crippen molar-refractivity contribution in [2.24, 2.45) is 5.92 Å². The third-order valence-electron chi connectivity index (χ3n) is 4.88. The van der Waals surface area contributed by atoms with E-state index in [4.69, 9.17) is 9.26 Å². The van der Waals surface area contributed by atoms with Crippen molar-refractivity contribution in [2.45, 2.75) is 33.7 Å². The first kappa shape index (κ1) is 20.9. The number of pyridine rings is 1. The molecule has 0 saturated heterocycles. The molecule has 0 aliphatic rings. The number of carbonyl (C=O) groups excluding carboxylic acids is 1. The highest BCUT2D eigenvalue weighted by Crippen LogP contribution is 2.36. The van der Waals surface area contributed by atoms with Gasteiger partial charge in [-0.25, -0.2) is 14.8 Å². The number of fused-ring (bicyclic) bond motifs is 1. The molecule has 31 heavy (non-hydrogen) atoms. The maximum Gasteiger partial charge on any atom is 0.348 e. The van der Waals surface area contributed by atoms with E-state index in [2.05, 4.69) is 44.3 Å². The first-order valence-electron chi connectivity index (χ1n) is 9.75. The van der Waals surface area contributed by atoms with Crippen LogP contribution < -0.4 is 5.32 Å². The highest BCUT2D eigenvalue weighted by Gasteiger charge is 2.27. The van der Waals surface area contributed by atoms with Gasteiger partial charge in [-0.3, -0.25) is 4.98 Å². The van der Waals surface area contributed by atoms with Gasteiger partial charge in [0.05, 0.1) is 12.5 Å². The second-order valence-corrected chi connectivity index (χ2v) is 8.40. The van der Waals surface area contributed by atoms with Gasteiger partial charge in [0.25, 0.3) is 0 Å². The van der Waals surface area contributed by atoms with Crippen LogP contribution in [-0.2, 0) is 4.74 Å². The van der Waals surface area contributed by atoms with Gasteiger partial charge in [-0.1, -0.05) is 19.0 Å². The Hall–Kier alpha value is -3.40. The fourth-order valence-electron chi connectivity index (χ4n) is 3.28. The monoisotopic (exact) mass is 438 g/mol. The molecule has 0 radical (unpaired) electrons. The Kier molecular flexibility index (Phi) is 5.64. The minimum Gasteiger partial charge on any atom is -0.465 e. The van der Waals surface area contributed by atoms with E-state index in [0.29, 0.717) is 28.2 Å². The zero-order chi connectivity index (χ0) is 22.1. The summed E-state index contributed by atoms with van der Waals surface area (Å²) in [6.45, 7) is 7.79. The third kappa shape index (κ3) is 3.98. The van der Waals surface area contributed by atoms with Crippen LogP contribution in [0.1, 0.15) is 46.8 Å². The number of hydrogen-bond acceptors (Lipinski definition) is 10. The average molecular weight is 439 g/mol. The van der Waals surface area contributed by atoms with E-state index in [9.17, 15) is 4.79 Å². The molecule has 0 aliphatic carbocycles. The number of nitrogens with one attached hydrogen (secondary N) is 1. The second-order valence-electron chi connectivity index (χ2n) is 7.41. The zero-order valence-electron chi connectivity index (χ0n) is 17.8. The number of aryl methyl sites for hydroxylation is 2. The lowest BCUT2D eigenvalue weighted by Crippen LogP contribution is -2.18. The van der Waals surface area contributed by atoms with Crippen LogP contribution in [0.25, 0.3) is 21.6 Å². The first-order chi connectivity index (χ1) is 14.9. The number of nitrogens with zero attached hydrogens (tertiary/aromatic N) is 5. The van der Waals surface area contributed by atoms with E-state index in [0.717, 1.165) is 21.3 Å². The van der Waals surface area contributed by atoms with Crippen molar-refractivity contribution in [1.29, 1.82) is 0 Å². The van der Waals surface area contributed by atoms with Gasteiger partial charge in [-0.15, -0.1) is 11.3 Å². The van der Waals surface area contributed by atoms with Crippen LogP contribution in [0.4, 0.5) is 5.82 Å². The van der Waals surface area contributed by atoms with Crippen LogP contribution in [0.5, 0.6) is 0 Å². The highest BCUT2D eigenvalue weighted by molar-refractivity contribution is 7.20. The lowest BCUT2D eigenvalue weighted by atomic mass is 10.0. The molecular weight excluding hydrogens is 416 g/mol. The lowest BCUT2D eigenvalue weighted by molar-refractivity contribution is 0.0605. The number of thiophene rings is 1. The first-order valence-corrected chi connectivity index (χ1v) is 10.6. The molecule has 0 bridgehead atoms. The van der Waals surface area contributed by atoms with Crippen molar-refractivity contribution in [3.05, 3.63) is 46.7 Å². The van der Waals surface area contributed by atoms with Gasteiger partial charge in [-0.05, 0) is 37.5 Å². The smallest absolute Gasteiger partial charge is 0.348 e. The largest absolute Gasteiger partial charge is 0.465 e. The molecule has 0 amide bonds. The van der Waals surface area contributed by atoms with Gasteiger partial charge in [0.1, 0.15) is 27.4 Å². The molecule has 4 aromatic rings. The van der Waals surface area contributed by atoms with E-state index in [1.165, 1.54) is 18.4 Å². The Morgan fingerprint density at radius 3 is 2.58 bits per heavy atom.